The highest BCUT2D eigenvalue weighted by atomic mass is 79.9. The molecule has 106 valence electrons. The van der Waals surface area contributed by atoms with Gasteiger partial charge < -0.3 is 5.11 Å². The number of carboxylic acids is 1. The van der Waals surface area contributed by atoms with Crippen LogP contribution in [0.3, 0.4) is 0 Å². The topological polar surface area (TPSA) is 55.1 Å². The van der Waals surface area contributed by atoms with Gasteiger partial charge in [0.2, 0.25) is 0 Å². The monoisotopic (exact) mass is 344 g/mol. The molecule has 21 heavy (non-hydrogen) atoms. The lowest BCUT2D eigenvalue weighted by Gasteiger charge is -2.10. The van der Waals surface area contributed by atoms with Crippen LogP contribution in [0.2, 0.25) is 0 Å². The Morgan fingerprint density at radius 1 is 1.29 bits per heavy atom. The van der Waals surface area contributed by atoms with Gasteiger partial charge in [-0.1, -0.05) is 22.9 Å². The van der Waals surface area contributed by atoms with Crippen molar-refractivity contribution in [2.45, 2.75) is 13.3 Å². The molecule has 0 saturated carbocycles. The molecular weight excluding hydrogens is 332 g/mol. The number of carbonyl (C=O) groups is 1. The minimum Gasteiger partial charge on any atom is -0.478 e. The molecule has 0 radical (unpaired) electrons. The molecule has 0 amide bonds. The molecule has 1 N–H and O–H groups in total. The van der Waals surface area contributed by atoms with Gasteiger partial charge in [0, 0.05) is 4.47 Å². The molecule has 0 aliphatic carbocycles. The first-order valence-electron chi connectivity index (χ1n) is 6.59. The number of aryl methyl sites for hydroxylation is 1. The predicted molar refractivity (Wildman–Crippen MR) is 85.1 cm³/mol. The minimum absolute atomic E-state index is 0.263. The van der Waals surface area contributed by atoms with Crippen molar-refractivity contribution in [2.75, 3.05) is 0 Å². The summed E-state index contributed by atoms with van der Waals surface area (Å²) in [6, 6.07) is 11.0. The summed E-state index contributed by atoms with van der Waals surface area (Å²) >= 11 is 3.48. The third kappa shape index (κ3) is 2.45. The summed E-state index contributed by atoms with van der Waals surface area (Å²) in [5.74, 6) is -0.934. The van der Waals surface area contributed by atoms with E-state index in [2.05, 4.69) is 33.9 Å². The maximum atomic E-state index is 11.1. The van der Waals surface area contributed by atoms with Crippen LogP contribution >= 0.6 is 15.9 Å². The number of imidazole rings is 1. The first kappa shape index (κ1) is 13.8. The van der Waals surface area contributed by atoms with Gasteiger partial charge in [0.25, 0.3) is 0 Å². The van der Waals surface area contributed by atoms with Crippen molar-refractivity contribution >= 4 is 32.9 Å². The number of aromatic nitrogens is 2. The first-order chi connectivity index (χ1) is 10.1. The van der Waals surface area contributed by atoms with Crippen molar-refractivity contribution in [2.24, 2.45) is 0 Å². The lowest BCUT2D eigenvalue weighted by molar-refractivity contribution is 0.0697. The van der Waals surface area contributed by atoms with E-state index >= 15 is 0 Å². The number of benzene rings is 2. The second-order valence-corrected chi connectivity index (χ2v) is 5.67. The van der Waals surface area contributed by atoms with Crippen LogP contribution in [0.1, 0.15) is 22.8 Å². The third-order valence-corrected chi connectivity index (χ3v) is 3.97. The standard InChI is InChI=1S/C16H13BrN2O2/c1-2-10-7-12(17)4-6-14(10)19-9-18-13-5-3-11(16(20)21)8-15(13)19/h3-9H,2H2,1H3,(H,20,21). The molecule has 0 unspecified atom stereocenters. The summed E-state index contributed by atoms with van der Waals surface area (Å²) in [5, 5.41) is 9.14. The van der Waals surface area contributed by atoms with Crippen LogP contribution in [0, 0.1) is 0 Å². The smallest absolute Gasteiger partial charge is 0.335 e. The normalized spacial score (nSPS) is 11.0. The minimum atomic E-state index is -0.934. The lowest BCUT2D eigenvalue weighted by atomic mass is 10.1. The molecule has 1 aromatic heterocycles. The summed E-state index contributed by atoms with van der Waals surface area (Å²) in [5.41, 5.74) is 4.03. The zero-order valence-electron chi connectivity index (χ0n) is 11.4. The van der Waals surface area contributed by atoms with E-state index in [1.54, 1.807) is 24.5 Å². The molecule has 5 heteroatoms. The molecule has 3 aromatic rings. The van der Waals surface area contributed by atoms with Gasteiger partial charge in [0.1, 0.15) is 6.33 Å². The molecule has 0 fully saturated rings. The highest BCUT2D eigenvalue weighted by Crippen LogP contribution is 2.25. The number of halogens is 1. The molecule has 0 aliphatic heterocycles. The SMILES string of the molecule is CCc1cc(Br)ccc1-n1cnc2ccc(C(=O)O)cc21. The average Bonchev–Trinajstić information content (AvgIpc) is 2.89. The second-order valence-electron chi connectivity index (χ2n) is 4.75. The van der Waals surface area contributed by atoms with Gasteiger partial charge >= 0.3 is 5.97 Å². The largest absolute Gasteiger partial charge is 0.478 e. The summed E-state index contributed by atoms with van der Waals surface area (Å²) in [4.78, 5) is 15.5. The van der Waals surface area contributed by atoms with E-state index in [1.165, 1.54) is 5.56 Å². The Morgan fingerprint density at radius 2 is 2.10 bits per heavy atom. The Morgan fingerprint density at radius 3 is 2.81 bits per heavy atom. The Bertz CT molecular complexity index is 839. The quantitative estimate of drug-likeness (QED) is 0.779. The van der Waals surface area contributed by atoms with Crippen molar-refractivity contribution in [1.29, 1.82) is 0 Å². The van der Waals surface area contributed by atoms with Gasteiger partial charge in [-0.25, -0.2) is 9.78 Å². The van der Waals surface area contributed by atoms with Crippen LogP contribution < -0.4 is 0 Å². The van der Waals surface area contributed by atoms with Crippen LogP contribution in [0.25, 0.3) is 16.7 Å². The number of rotatable bonds is 3. The van der Waals surface area contributed by atoms with E-state index in [-0.39, 0.29) is 5.56 Å². The van der Waals surface area contributed by atoms with Crippen LogP contribution in [0.5, 0.6) is 0 Å². The first-order valence-corrected chi connectivity index (χ1v) is 7.38. The fraction of sp³-hybridized carbons (Fsp3) is 0.125. The van der Waals surface area contributed by atoms with Crippen LogP contribution in [0.4, 0.5) is 0 Å². The second kappa shape index (κ2) is 5.33. The number of aromatic carboxylic acids is 1. The number of hydrogen-bond donors (Lipinski definition) is 1. The Balaban J connectivity index is 2.25. The maximum absolute atomic E-state index is 11.1. The van der Waals surface area contributed by atoms with E-state index in [1.807, 2.05) is 16.7 Å². The molecule has 0 aliphatic rings. The van der Waals surface area contributed by atoms with Gasteiger partial charge in [-0.05, 0) is 48.4 Å². The van der Waals surface area contributed by atoms with Crippen molar-refractivity contribution < 1.29 is 9.90 Å². The Hall–Kier alpha value is -2.14. The Labute approximate surface area is 130 Å². The van der Waals surface area contributed by atoms with Crippen molar-refractivity contribution in [3.63, 3.8) is 0 Å². The predicted octanol–water partition coefficient (Wildman–Crippen LogP) is 4.05. The van der Waals surface area contributed by atoms with E-state index in [9.17, 15) is 4.79 Å². The molecule has 1 heterocycles. The Kier molecular flexibility index (Phi) is 3.51. The van der Waals surface area contributed by atoms with Gasteiger partial charge in [0.05, 0.1) is 22.3 Å². The molecule has 3 rings (SSSR count). The van der Waals surface area contributed by atoms with Gasteiger partial charge in [-0.2, -0.15) is 0 Å². The van der Waals surface area contributed by atoms with Crippen molar-refractivity contribution in [3.05, 3.63) is 58.3 Å². The number of fused-ring (bicyclic) bond motifs is 1. The summed E-state index contributed by atoms with van der Waals surface area (Å²) in [6.07, 6.45) is 2.62. The number of carboxylic acid groups (broad SMARTS) is 1. The van der Waals surface area contributed by atoms with E-state index in [0.717, 1.165) is 27.6 Å². The zero-order chi connectivity index (χ0) is 15.0. The molecule has 0 atom stereocenters. The summed E-state index contributed by atoms with van der Waals surface area (Å²) < 4.78 is 2.96. The molecule has 0 saturated heterocycles. The zero-order valence-corrected chi connectivity index (χ0v) is 13.0. The lowest BCUT2D eigenvalue weighted by Crippen LogP contribution is -2.00. The number of hydrogen-bond acceptors (Lipinski definition) is 2. The van der Waals surface area contributed by atoms with E-state index in [0.29, 0.717) is 0 Å². The summed E-state index contributed by atoms with van der Waals surface area (Å²) in [6.45, 7) is 2.09. The fourth-order valence-electron chi connectivity index (χ4n) is 2.40. The molecular formula is C16H13BrN2O2. The molecule has 0 spiro atoms. The van der Waals surface area contributed by atoms with Crippen molar-refractivity contribution in [1.82, 2.24) is 9.55 Å². The van der Waals surface area contributed by atoms with Crippen LogP contribution in [-0.4, -0.2) is 20.6 Å². The molecule has 2 aromatic carbocycles. The molecule has 0 bridgehead atoms. The molecule has 4 nitrogen and oxygen atoms in total. The maximum Gasteiger partial charge on any atom is 0.335 e. The van der Waals surface area contributed by atoms with Crippen LogP contribution in [-0.2, 0) is 6.42 Å². The third-order valence-electron chi connectivity index (χ3n) is 3.48. The van der Waals surface area contributed by atoms with Crippen LogP contribution in [0.15, 0.2) is 47.2 Å². The van der Waals surface area contributed by atoms with E-state index < -0.39 is 5.97 Å². The van der Waals surface area contributed by atoms with Gasteiger partial charge in [0.15, 0.2) is 0 Å². The average molecular weight is 345 g/mol. The van der Waals surface area contributed by atoms with Crippen molar-refractivity contribution in [3.8, 4) is 5.69 Å². The van der Waals surface area contributed by atoms with Gasteiger partial charge in [-0.15, -0.1) is 0 Å². The fourth-order valence-corrected chi connectivity index (χ4v) is 2.81. The van der Waals surface area contributed by atoms with Gasteiger partial charge in [-0.3, -0.25) is 4.57 Å². The number of nitrogens with zero attached hydrogens (tertiary/aromatic N) is 2. The summed E-state index contributed by atoms with van der Waals surface area (Å²) in [7, 11) is 0. The highest BCUT2D eigenvalue weighted by Gasteiger charge is 2.11. The highest BCUT2D eigenvalue weighted by molar-refractivity contribution is 9.10. The van der Waals surface area contributed by atoms with E-state index in [4.69, 9.17) is 5.11 Å².